The van der Waals surface area contributed by atoms with Crippen molar-refractivity contribution in [2.24, 2.45) is 11.0 Å². The van der Waals surface area contributed by atoms with Gasteiger partial charge in [-0.05, 0) is 12.0 Å². The molecule has 2 unspecified atom stereocenters. The van der Waals surface area contributed by atoms with Crippen LogP contribution in [0.2, 0.25) is 0 Å². The third kappa shape index (κ3) is 9.08. The molecule has 2 aromatic rings. The van der Waals surface area contributed by atoms with Crippen molar-refractivity contribution in [3.8, 4) is 0 Å². The van der Waals surface area contributed by atoms with E-state index in [2.05, 4.69) is 29.5 Å². The fourth-order valence-electron chi connectivity index (χ4n) is 5.13. The molecule has 30 heteroatoms. The highest BCUT2D eigenvalue weighted by Gasteiger charge is 2.51. The van der Waals surface area contributed by atoms with Crippen LogP contribution in [0.5, 0.6) is 0 Å². The number of carbonyl (C=O) groups excluding carboxylic acids is 1. The molecule has 0 saturated carbocycles. The first-order valence-electron chi connectivity index (χ1n) is 14.0. The van der Waals surface area contributed by atoms with Gasteiger partial charge in [0.15, 0.2) is 30.0 Å². The van der Waals surface area contributed by atoms with Gasteiger partial charge in [0, 0.05) is 22.9 Å². The molecule has 0 aliphatic carbocycles. The molecule has 5 rings (SSSR count). The number of ether oxygens (including phenoxy) is 2. The molecule has 0 spiro atoms. The van der Waals surface area contributed by atoms with E-state index in [1.807, 2.05) is 0 Å². The van der Waals surface area contributed by atoms with Crippen LogP contribution >= 0.6 is 23.5 Å². The fraction of sp³-hybridized carbons (Fsp3) is 0.524. The Morgan fingerprint density at radius 2 is 1.69 bits per heavy atom. The van der Waals surface area contributed by atoms with E-state index in [4.69, 9.17) is 44.9 Å². The maximum Gasteiger partial charge on any atom is 0.481 e. The molecule has 2 aromatic heterocycles. The lowest BCUT2D eigenvalue weighted by Gasteiger charge is -2.28. The van der Waals surface area contributed by atoms with Gasteiger partial charge in [-0.15, -0.1) is 0 Å². The summed E-state index contributed by atoms with van der Waals surface area (Å²) in [6, 6.07) is 0. The minimum atomic E-state index is -5.57. The predicted octanol–water partition coefficient (Wildman–Crippen LogP) is -1.32. The highest BCUT2D eigenvalue weighted by Crippen LogP contribution is 2.61. The standard InChI is InChI=1S/C21H29N10O17P3/c22-17-12-19(26-7-25-17)31(8-27-12)21-16(47-49(35,36)37)13(32)10(44-21)5-42-50(38,39)48-51(40,41)43-6-11-15(46-29-28-24)14(33)20(45-11)30-3-1-2-9(4-30)18(23)34/h1,3-4,7-8,10-11,13-16,20-21,32-33H,2,5-6H2,(H2,23,34)(H,38,39)(H,40,41)(H2,22,25,26)(H2,35,36,37)/t10-,11-,13-,14-,15-,16-,20-,21-/m1/s1. The molecule has 280 valence electrons. The lowest BCUT2D eigenvalue weighted by atomic mass is 10.1. The van der Waals surface area contributed by atoms with Crippen molar-refractivity contribution in [2.75, 3.05) is 18.9 Å². The number of hydrogen-bond donors (Lipinski definition) is 8. The minimum absolute atomic E-state index is 0.00784. The van der Waals surface area contributed by atoms with Crippen LogP contribution in [0.1, 0.15) is 12.6 Å². The van der Waals surface area contributed by atoms with Crippen molar-refractivity contribution in [1.82, 2.24) is 24.4 Å². The van der Waals surface area contributed by atoms with Crippen LogP contribution in [0.4, 0.5) is 5.82 Å². The summed E-state index contributed by atoms with van der Waals surface area (Å²) in [7, 11) is -16.4. The van der Waals surface area contributed by atoms with Gasteiger partial charge in [-0.2, -0.15) is 4.31 Å². The van der Waals surface area contributed by atoms with E-state index in [-0.39, 0.29) is 29.0 Å². The Bertz CT molecular complexity index is 1890. The van der Waals surface area contributed by atoms with E-state index in [0.717, 1.165) is 17.2 Å². The van der Waals surface area contributed by atoms with Gasteiger partial charge in [0.1, 0.15) is 47.6 Å². The van der Waals surface area contributed by atoms with Gasteiger partial charge >= 0.3 is 23.5 Å². The number of fused-ring (bicyclic) bond motifs is 1. The molecule has 2 saturated heterocycles. The molecule has 27 nitrogen and oxygen atoms in total. The number of amides is 1. The average molecular weight is 786 g/mol. The Balaban J connectivity index is 1.23. The Kier molecular flexibility index (Phi) is 11.5. The maximum absolute atomic E-state index is 12.7. The molecular weight excluding hydrogens is 757 g/mol. The summed E-state index contributed by atoms with van der Waals surface area (Å²) in [5.41, 5.74) is 19.9. The van der Waals surface area contributed by atoms with E-state index >= 15 is 0 Å². The quantitative estimate of drug-likeness (QED) is 0.0341. The van der Waals surface area contributed by atoms with E-state index in [0.29, 0.717) is 0 Å². The Morgan fingerprint density at radius 1 is 1.02 bits per heavy atom. The van der Waals surface area contributed by atoms with Crippen LogP contribution < -0.4 is 11.5 Å². The van der Waals surface area contributed by atoms with Crippen molar-refractivity contribution in [1.29, 1.82) is 0 Å². The smallest absolute Gasteiger partial charge is 0.424 e. The Labute approximate surface area is 284 Å². The number of imidazole rings is 1. The molecule has 1 amide bonds. The van der Waals surface area contributed by atoms with Crippen LogP contribution in [0.3, 0.4) is 0 Å². The second-order valence-electron chi connectivity index (χ2n) is 10.7. The van der Waals surface area contributed by atoms with Gasteiger partial charge in [-0.3, -0.25) is 22.9 Å². The number of allylic oxidation sites excluding steroid dienone is 1. The van der Waals surface area contributed by atoms with Gasteiger partial charge < -0.3 is 60.5 Å². The number of carbonyl (C=O) groups is 1. The molecule has 0 radical (unpaired) electrons. The summed E-state index contributed by atoms with van der Waals surface area (Å²) >= 11 is 0. The first kappa shape index (κ1) is 38.6. The second kappa shape index (κ2) is 15.2. The number of nitrogen functional groups attached to an aromatic ring is 1. The second-order valence-corrected chi connectivity index (χ2v) is 14.9. The summed E-state index contributed by atoms with van der Waals surface area (Å²) < 4.78 is 67.8. The highest BCUT2D eigenvalue weighted by atomic mass is 31.3. The summed E-state index contributed by atoms with van der Waals surface area (Å²) in [4.78, 5) is 71.1. The number of nitrogens with zero attached hydrogens (tertiary/aromatic N) is 8. The Hall–Kier alpha value is -3.58. The number of phosphoric acid groups is 3. The zero-order valence-electron chi connectivity index (χ0n) is 25.4. The summed E-state index contributed by atoms with van der Waals surface area (Å²) in [5.74, 6) is -0.828. The number of aliphatic hydroxyl groups is 2. The van der Waals surface area contributed by atoms with Crippen molar-refractivity contribution >= 4 is 46.4 Å². The average Bonchev–Trinajstić information content (AvgIpc) is 3.71. The number of azide groups is 1. The maximum atomic E-state index is 12.7. The number of aromatic nitrogens is 4. The zero-order valence-corrected chi connectivity index (χ0v) is 28.1. The predicted molar refractivity (Wildman–Crippen MR) is 161 cm³/mol. The monoisotopic (exact) mass is 786 g/mol. The zero-order chi connectivity index (χ0) is 37.3. The number of aliphatic hydroxyl groups excluding tert-OH is 2. The van der Waals surface area contributed by atoms with Crippen LogP contribution in [0, 0.1) is 0 Å². The van der Waals surface area contributed by atoms with Crippen molar-refractivity contribution in [3.05, 3.63) is 47.1 Å². The molecule has 10 N–H and O–H groups in total. The van der Waals surface area contributed by atoms with Gasteiger partial charge in [0.2, 0.25) is 5.91 Å². The normalized spacial score (nSPS) is 30.4. The van der Waals surface area contributed by atoms with Crippen LogP contribution in [0.15, 0.2) is 42.0 Å². The topological polar surface area (TPSA) is 402 Å². The molecule has 2 fully saturated rings. The number of phosphoric ester groups is 3. The van der Waals surface area contributed by atoms with Crippen LogP contribution in [-0.4, -0.2) is 116 Å². The molecule has 5 heterocycles. The number of nitrogens with two attached hydrogens (primary N) is 2. The third-order valence-electron chi connectivity index (χ3n) is 7.29. The van der Waals surface area contributed by atoms with Crippen LogP contribution in [-0.2, 0) is 50.7 Å². The lowest BCUT2D eigenvalue weighted by molar-refractivity contribution is -0.115. The fourth-order valence-corrected chi connectivity index (χ4v) is 7.76. The molecule has 3 aliphatic rings. The van der Waals surface area contributed by atoms with Gasteiger partial charge in [-0.25, -0.2) is 28.6 Å². The van der Waals surface area contributed by atoms with E-state index in [9.17, 15) is 48.3 Å². The van der Waals surface area contributed by atoms with E-state index < -0.39 is 91.7 Å². The Morgan fingerprint density at radius 3 is 2.33 bits per heavy atom. The summed E-state index contributed by atoms with van der Waals surface area (Å²) in [6.45, 7) is -2.08. The summed E-state index contributed by atoms with van der Waals surface area (Å²) in [6.07, 6.45) is -6.60. The van der Waals surface area contributed by atoms with Crippen molar-refractivity contribution in [2.45, 2.75) is 55.5 Å². The molecule has 3 aliphatic heterocycles. The van der Waals surface area contributed by atoms with Gasteiger partial charge in [-0.1, -0.05) is 6.08 Å². The number of anilines is 1. The highest BCUT2D eigenvalue weighted by molar-refractivity contribution is 7.61. The first-order chi connectivity index (χ1) is 23.9. The lowest BCUT2D eigenvalue weighted by Crippen LogP contribution is -2.41. The van der Waals surface area contributed by atoms with E-state index in [1.165, 1.54) is 23.4 Å². The molecule has 51 heavy (non-hydrogen) atoms. The van der Waals surface area contributed by atoms with Gasteiger partial charge in [0.25, 0.3) is 0 Å². The third-order valence-corrected chi connectivity index (χ3v) is 10.4. The molecule has 0 bridgehead atoms. The number of hydrogen-bond acceptors (Lipinski definition) is 19. The molecular formula is C21H29N10O17P3. The van der Waals surface area contributed by atoms with Crippen LogP contribution in [0.25, 0.3) is 21.6 Å². The molecule has 0 aromatic carbocycles. The van der Waals surface area contributed by atoms with E-state index in [1.54, 1.807) is 0 Å². The first-order valence-corrected chi connectivity index (χ1v) is 18.6. The summed E-state index contributed by atoms with van der Waals surface area (Å²) in [5, 5.41) is 24.5. The minimum Gasteiger partial charge on any atom is -0.424 e. The number of rotatable bonds is 15. The number of primary amides is 1. The SMILES string of the molecule is [N-]=[N+]=NO[C@H]1[C@@H](O)[C@H](N2C=CCC(C(N)=O)=C2)O[C@@H]1COP(=O)(O)OP(=O)(O)OC[C@H]1O[C@@H](n2cnc3c(N)ncnc32)[C@H](OP(=O)(O)O)[C@@H]1O. The largest absolute Gasteiger partial charge is 0.481 e. The van der Waals surface area contributed by atoms with Crippen molar-refractivity contribution in [3.63, 3.8) is 0 Å². The molecule has 10 atom stereocenters. The van der Waals surface area contributed by atoms with Gasteiger partial charge in [0.05, 0.1) is 19.5 Å². The van der Waals surface area contributed by atoms with Crippen molar-refractivity contribution < 1.29 is 80.5 Å².